The molecule has 1 aliphatic heterocycles. The average molecular weight is 420 g/mol. The van der Waals surface area contributed by atoms with E-state index in [1.807, 2.05) is 48.2 Å². The largest absolute Gasteiger partial charge is 0.495 e. The lowest BCUT2D eigenvalue weighted by Gasteiger charge is -2.36. The van der Waals surface area contributed by atoms with Crippen LogP contribution in [0.25, 0.3) is 0 Å². The molecule has 0 saturated carbocycles. The van der Waals surface area contributed by atoms with Gasteiger partial charge in [0.05, 0.1) is 17.7 Å². The van der Waals surface area contributed by atoms with Crippen LogP contribution in [0.1, 0.15) is 5.56 Å². The molecule has 1 aromatic heterocycles. The number of hydrogen-bond acceptors (Lipinski definition) is 8. The molecule has 3 aromatic rings. The minimum atomic E-state index is -0.427. The third-order valence-corrected chi connectivity index (χ3v) is 5.29. The highest BCUT2D eigenvalue weighted by Crippen LogP contribution is 2.36. The summed E-state index contributed by atoms with van der Waals surface area (Å²) in [5, 5.41) is 15.1. The highest BCUT2D eigenvalue weighted by atomic mass is 16.6. The molecular formula is C22H24N6O3. The van der Waals surface area contributed by atoms with Gasteiger partial charge in [-0.1, -0.05) is 24.3 Å². The van der Waals surface area contributed by atoms with Crippen LogP contribution < -0.4 is 19.9 Å². The Kier molecular flexibility index (Phi) is 5.83. The first-order valence-corrected chi connectivity index (χ1v) is 10.0. The number of ether oxygens (including phenoxy) is 1. The number of anilines is 4. The SMILES string of the molecule is COc1ccc(C)cc1Nc1ncnc(N2CCN(c3ccccc3)CC2)c1[N+](=O)[O-]. The van der Waals surface area contributed by atoms with E-state index in [-0.39, 0.29) is 11.5 Å². The van der Waals surface area contributed by atoms with Crippen molar-refractivity contribution >= 4 is 28.7 Å². The van der Waals surface area contributed by atoms with Crippen molar-refractivity contribution in [3.05, 3.63) is 70.5 Å². The van der Waals surface area contributed by atoms with Crippen molar-refractivity contribution in [2.75, 3.05) is 48.4 Å². The predicted octanol–water partition coefficient (Wildman–Crippen LogP) is 3.77. The molecule has 1 N–H and O–H groups in total. The van der Waals surface area contributed by atoms with Crippen LogP contribution >= 0.6 is 0 Å². The summed E-state index contributed by atoms with van der Waals surface area (Å²) in [6, 6.07) is 15.7. The zero-order valence-electron chi connectivity index (χ0n) is 17.5. The summed E-state index contributed by atoms with van der Waals surface area (Å²) >= 11 is 0. The van der Waals surface area contributed by atoms with Gasteiger partial charge >= 0.3 is 5.69 Å². The first-order chi connectivity index (χ1) is 15.1. The van der Waals surface area contributed by atoms with Gasteiger partial charge in [0.2, 0.25) is 11.6 Å². The van der Waals surface area contributed by atoms with Gasteiger partial charge in [0.15, 0.2) is 0 Å². The number of rotatable bonds is 6. The molecule has 0 bridgehead atoms. The number of nitrogens with one attached hydrogen (secondary N) is 1. The molecule has 0 radical (unpaired) electrons. The Bertz CT molecular complexity index is 1070. The standard InChI is InChI=1S/C22H24N6O3/c1-16-8-9-19(31-2)18(14-16)25-21-20(28(29)30)22(24-15-23-21)27-12-10-26(11-13-27)17-6-4-3-5-7-17/h3-9,14-15H,10-13H2,1-2H3,(H,23,24,25). The summed E-state index contributed by atoms with van der Waals surface area (Å²) < 4.78 is 5.38. The number of methoxy groups -OCH3 is 1. The minimum absolute atomic E-state index is 0.140. The molecule has 2 aromatic carbocycles. The molecule has 0 atom stereocenters. The molecule has 1 fully saturated rings. The Morgan fingerprint density at radius 3 is 2.42 bits per heavy atom. The molecule has 1 aliphatic rings. The topological polar surface area (TPSA) is 96.7 Å². The summed E-state index contributed by atoms with van der Waals surface area (Å²) in [5.74, 6) is 1.04. The molecule has 31 heavy (non-hydrogen) atoms. The maximum absolute atomic E-state index is 12.0. The highest BCUT2D eigenvalue weighted by Gasteiger charge is 2.29. The zero-order chi connectivity index (χ0) is 21.8. The lowest BCUT2D eigenvalue weighted by molar-refractivity contribution is -0.383. The minimum Gasteiger partial charge on any atom is -0.495 e. The fourth-order valence-corrected chi connectivity index (χ4v) is 3.72. The quantitative estimate of drug-likeness (QED) is 0.475. The number of para-hydroxylation sites is 1. The number of benzene rings is 2. The van der Waals surface area contributed by atoms with E-state index in [9.17, 15) is 10.1 Å². The van der Waals surface area contributed by atoms with Crippen molar-refractivity contribution in [1.29, 1.82) is 0 Å². The van der Waals surface area contributed by atoms with Crippen LogP contribution in [-0.4, -0.2) is 48.2 Å². The van der Waals surface area contributed by atoms with Crippen LogP contribution in [0.4, 0.5) is 28.7 Å². The monoisotopic (exact) mass is 420 g/mol. The predicted molar refractivity (Wildman–Crippen MR) is 121 cm³/mol. The maximum Gasteiger partial charge on any atom is 0.353 e. The maximum atomic E-state index is 12.0. The van der Waals surface area contributed by atoms with E-state index in [0.29, 0.717) is 30.3 Å². The van der Waals surface area contributed by atoms with Crippen molar-refractivity contribution < 1.29 is 9.66 Å². The Morgan fingerprint density at radius 1 is 1.03 bits per heavy atom. The summed E-state index contributed by atoms with van der Waals surface area (Å²) in [6.07, 6.45) is 1.36. The average Bonchev–Trinajstić information content (AvgIpc) is 2.80. The molecule has 0 aliphatic carbocycles. The van der Waals surface area contributed by atoms with Gasteiger partial charge < -0.3 is 19.9 Å². The molecule has 0 spiro atoms. The Morgan fingerprint density at radius 2 is 1.74 bits per heavy atom. The van der Waals surface area contributed by atoms with Crippen LogP contribution in [0, 0.1) is 17.0 Å². The third kappa shape index (κ3) is 4.35. The Hall–Kier alpha value is -3.88. The summed E-state index contributed by atoms with van der Waals surface area (Å²) in [5.41, 5.74) is 2.62. The zero-order valence-corrected chi connectivity index (χ0v) is 17.5. The van der Waals surface area contributed by atoms with Gasteiger partial charge in [-0.15, -0.1) is 0 Å². The fourth-order valence-electron chi connectivity index (χ4n) is 3.72. The second kappa shape index (κ2) is 8.86. The van der Waals surface area contributed by atoms with Gasteiger partial charge in [0, 0.05) is 31.9 Å². The first-order valence-electron chi connectivity index (χ1n) is 10.0. The van der Waals surface area contributed by atoms with E-state index in [0.717, 1.165) is 24.3 Å². The van der Waals surface area contributed by atoms with Crippen LogP contribution in [0.3, 0.4) is 0 Å². The van der Waals surface area contributed by atoms with Gasteiger partial charge in [-0.25, -0.2) is 9.97 Å². The van der Waals surface area contributed by atoms with E-state index >= 15 is 0 Å². The fraction of sp³-hybridized carbons (Fsp3) is 0.273. The molecule has 9 nitrogen and oxygen atoms in total. The first kappa shape index (κ1) is 20.4. The second-order valence-electron chi connectivity index (χ2n) is 7.29. The second-order valence-corrected chi connectivity index (χ2v) is 7.29. The van der Waals surface area contributed by atoms with Crippen molar-refractivity contribution in [2.45, 2.75) is 6.92 Å². The lowest BCUT2D eigenvalue weighted by atomic mass is 10.2. The molecule has 0 unspecified atom stereocenters. The molecule has 9 heteroatoms. The number of piperazine rings is 1. The smallest absolute Gasteiger partial charge is 0.353 e. The van der Waals surface area contributed by atoms with Crippen molar-refractivity contribution in [3.63, 3.8) is 0 Å². The number of hydrogen-bond donors (Lipinski definition) is 1. The van der Waals surface area contributed by atoms with E-state index in [4.69, 9.17) is 4.74 Å². The van der Waals surface area contributed by atoms with E-state index in [2.05, 4.69) is 32.3 Å². The van der Waals surface area contributed by atoms with Crippen LogP contribution in [0.2, 0.25) is 0 Å². The summed E-state index contributed by atoms with van der Waals surface area (Å²) in [7, 11) is 1.56. The third-order valence-electron chi connectivity index (χ3n) is 5.29. The Labute approximate surface area is 180 Å². The lowest BCUT2D eigenvalue weighted by Crippen LogP contribution is -2.47. The Balaban J connectivity index is 1.60. The van der Waals surface area contributed by atoms with E-state index in [1.54, 1.807) is 7.11 Å². The number of nitro groups is 1. The van der Waals surface area contributed by atoms with Gasteiger partial charge in [-0.05, 0) is 36.8 Å². The summed E-state index contributed by atoms with van der Waals surface area (Å²) in [4.78, 5) is 24.2. The van der Waals surface area contributed by atoms with Crippen molar-refractivity contribution in [3.8, 4) is 5.75 Å². The van der Waals surface area contributed by atoms with Crippen molar-refractivity contribution in [1.82, 2.24) is 9.97 Å². The molecule has 1 saturated heterocycles. The van der Waals surface area contributed by atoms with E-state index < -0.39 is 4.92 Å². The van der Waals surface area contributed by atoms with E-state index in [1.165, 1.54) is 6.33 Å². The number of aromatic nitrogens is 2. The van der Waals surface area contributed by atoms with Gasteiger partial charge in [0.1, 0.15) is 12.1 Å². The number of aryl methyl sites for hydroxylation is 1. The normalized spacial score (nSPS) is 13.7. The highest BCUT2D eigenvalue weighted by molar-refractivity contribution is 5.77. The van der Waals surface area contributed by atoms with Crippen molar-refractivity contribution in [2.24, 2.45) is 0 Å². The van der Waals surface area contributed by atoms with Gasteiger partial charge in [-0.3, -0.25) is 10.1 Å². The van der Waals surface area contributed by atoms with Crippen LogP contribution in [-0.2, 0) is 0 Å². The van der Waals surface area contributed by atoms with Gasteiger partial charge in [0.25, 0.3) is 0 Å². The molecule has 160 valence electrons. The van der Waals surface area contributed by atoms with Crippen LogP contribution in [0.5, 0.6) is 5.75 Å². The number of nitrogens with zero attached hydrogens (tertiary/aromatic N) is 5. The van der Waals surface area contributed by atoms with Gasteiger partial charge in [-0.2, -0.15) is 0 Å². The summed E-state index contributed by atoms with van der Waals surface area (Å²) in [6.45, 7) is 4.69. The molecule has 4 rings (SSSR count). The molecular weight excluding hydrogens is 396 g/mol. The molecule has 0 amide bonds. The van der Waals surface area contributed by atoms with Crippen LogP contribution in [0.15, 0.2) is 54.9 Å². The molecule has 2 heterocycles.